The topological polar surface area (TPSA) is 127 Å². The molecule has 0 saturated carbocycles. The largest absolute Gasteiger partial charge is 0.391 e. The first-order valence-electron chi connectivity index (χ1n) is 6.36. The van der Waals surface area contributed by atoms with Crippen LogP contribution in [-0.4, -0.2) is 42.3 Å². The van der Waals surface area contributed by atoms with Crippen LogP contribution in [0.1, 0.15) is 19.8 Å². The van der Waals surface area contributed by atoms with Gasteiger partial charge in [0.1, 0.15) is 6.33 Å². The van der Waals surface area contributed by atoms with E-state index in [1.54, 1.807) is 23.3 Å². The van der Waals surface area contributed by atoms with E-state index in [1.807, 2.05) is 6.92 Å². The number of nitrogens with two attached hydrogens (primary N) is 1. The zero-order chi connectivity index (χ0) is 14.4. The summed E-state index contributed by atoms with van der Waals surface area (Å²) in [5, 5.41) is 12.7. The molecule has 0 aromatic carbocycles. The fraction of sp³-hybridized carbons (Fsp3) is 0.455. The molecule has 0 saturated heterocycles. The lowest BCUT2D eigenvalue weighted by Gasteiger charge is -2.12. The van der Waals surface area contributed by atoms with Gasteiger partial charge in [0.25, 0.3) is 0 Å². The molecule has 20 heavy (non-hydrogen) atoms. The Morgan fingerprint density at radius 1 is 1.35 bits per heavy atom. The van der Waals surface area contributed by atoms with Crippen molar-refractivity contribution in [3.8, 4) is 5.95 Å². The summed E-state index contributed by atoms with van der Waals surface area (Å²) in [6, 6.07) is 0. The molecule has 0 bridgehead atoms. The second-order valence-corrected chi connectivity index (χ2v) is 4.22. The number of aliphatic hydroxyl groups excluding tert-OH is 1. The highest BCUT2D eigenvalue weighted by Crippen LogP contribution is 2.08. The number of hydrogen-bond donors (Lipinski definition) is 4. The lowest BCUT2D eigenvalue weighted by Crippen LogP contribution is -2.22. The molecule has 9 nitrogen and oxygen atoms in total. The summed E-state index contributed by atoms with van der Waals surface area (Å²) in [4.78, 5) is 16.4. The maximum absolute atomic E-state index is 9.70. The van der Waals surface area contributed by atoms with Gasteiger partial charge < -0.3 is 10.4 Å². The Hall–Kier alpha value is -2.26. The highest BCUT2D eigenvalue weighted by molar-refractivity contribution is 5.37. The number of aliphatic hydroxyl groups is 1. The van der Waals surface area contributed by atoms with Crippen LogP contribution in [0.3, 0.4) is 0 Å². The van der Waals surface area contributed by atoms with Crippen LogP contribution in [-0.2, 0) is 0 Å². The molecule has 0 radical (unpaired) electrons. The quantitative estimate of drug-likeness (QED) is 0.409. The van der Waals surface area contributed by atoms with E-state index in [9.17, 15) is 5.11 Å². The summed E-state index contributed by atoms with van der Waals surface area (Å²) in [6.45, 7) is 2.38. The molecule has 108 valence electrons. The van der Waals surface area contributed by atoms with Crippen molar-refractivity contribution >= 4 is 11.9 Å². The maximum atomic E-state index is 9.70. The second-order valence-electron chi connectivity index (χ2n) is 4.22. The van der Waals surface area contributed by atoms with Crippen molar-refractivity contribution in [2.45, 2.75) is 25.9 Å². The van der Waals surface area contributed by atoms with E-state index >= 15 is 0 Å². The first-order chi connectivity index (χ1) is 9.72. The van der Waals surface area contributed by atoms with Crippen molar-refractivity contribution in [2.24, 2.45) is 5.84 Å². The molecule has 0 aliphatic rings. The van der Waals surface area contributed by atoms with Gasteiger partial charge in [0, 0.05) is 18.9 Å². The molecule has 0 aliphatic heterocycles. The van der Waals surface area contributed by atoms with E-state index in [1.165, 1.54) is 0 Å². The monoisotopic (exact) mass is 278 g/mol. The van der Waals surface area contributed by atoms with E-state index in [4.69, 9.17) is 5.84 Å². The van der Waals surface area contributed by atoms with Gasteiger partial charge in [-0.15, -0.1) is 0 Å². The molecule has 2 rings (SSSR count). The summed E-state index contributed by atoms with van der Waals surface area (Å²) < 4.78 is 1.64. The minimum atomic E-state index is -0.442. The van der Waals surface area contributed by atoms with Gasteiger partial charge in [-0.3, -0.25) is 9.99 Å². The van der Waals surface area contributed by atoms with Crippen LogP contribution in [0.5, 0.6) is 0 Å². The lowest BCUT2D eigenvalue weighted by atomic mass is 10.2. The Balaban J connectivity index is 2.14. The fourth-order valence-corrected chi connectivity index (χ4v) is 1.65. The molecule has 2 heterocycles. The number of aromatic nitrogens is 5. The van der Waals surface area contributed by atoms with Gasteiger partial charge in [-0.2, -0.15) is 15.0 Å². The molecule has 0 spiro atoms. The summed E-state index contributed by atoms with van der Waals surface area (Å²) in [7, 11) is 0. The number of nitrogen functional groups attached to an aromatic ring is 1. The lowest BCUT2D eigenvalue weighted by molar-refractivity contribution is 0.176. The zero-order valence-electron chi connectivity index (χ0n) is 11.2. The van der Waals surface area contributed by atoms with E-state index in [0.717, 1.165) is 6.42 Å². The smallest absolute Gasteiger partial charge is 0.243 e. The van der Waals surface area contributed by atoms with E-state index in [2.05, 4.69) is 30.7 Å². The molecule has 0 amide bonds. The third-order valence-electron chi connectivity index (χ3n) is 2.61. The highest BCUT2D eigenvalue weighted by Gasteiger charge is 2.09. The van der Waals surface area contributed by atoms with Crippen LogP contribution in [0.4, 0.5) is 11.9 Å². The number of anilines is 2. The SMILES string of the molecule is CCCC(O)CNc1nc(NN)nc(-n2ccnc2)n1. The first kappa shape index (κ1) is 14.2. The molecule has 2 aromatic heterocycles. The minimum absolute atomic E-state index is 0.233. The summed E-state index contributed by atoms with van der Waals surface area (Å²) in [6.07, 6.45) is 6.10. The van der Waals surface area contributed by atoms with Gasteiger partial charge >= 0.3 is 0 Å². The number of hydrazine groups is 1. The van der Waals surface area contributed by atoms with Crippen LogP contribution in [0.25, 0.3) is 5.95 Å². The number of rotatable bonds is 7. The number of hydrogen-bond acceptors (Lipinski definition) is 8. The second kappa shape index (κ2) is 6.78. The normalized spacial score (nSPS) is 12.2. The Labute approximate surface area is 116 Å². The fourth-order valence-electron chi connectivity index (χ4n) is 1.65. The van der Waals surface area contributed by atoms with Crippen molar-refractivity contribution in [2.75, 3.05) is 17.3 Å². The van der Waals surface area contributed by atoms with Gasteiger partial charge in [0.15, 0.2) is 0 Å². The van der Waals surface area contributed by atoms with Gasteiger partial charge in [0.2, 0.25) is 17.8 Å². The van der Waals surface area contributed by atoms with Crippen LogP contribution in [0.15, 0.2) is 18.7 Å². The standard InChI is InChI=1S/C11H18N8O/c1-2-3-8(20)6-14-9-15-10(18-12)17-11(16-9)19-5-4-13-7-19/h4-5,7-8,20H,2-3,6,12H2,1H3,(H2,14,15,16,17,18). The van der Waals surface area contributed by atoms with Crippen LogP contribution < -0.4 is 16.6 Å². The van der Waals surface area contributed by atoms with Gasteiger partial charge in [0.05, 0.1) is 6.10 Å². The third-order valence-corrected chi connectivity index (χ3v) is 2.61. The van der Waals surface area contributed by atoms with Gasteiger partial charge in [-0.1, -0.05) is 13.3 Å². The first-order valence-corrected chi connectivity index (χ1v) is 6.36. The number of nitrogens with zero attached hydrogens (tertiary/aromatic N) is 5. The molecule has 9 heteroatoms. The highest BCUT2D eigenvalue weighted by atomic mass is 16.3. The molecular formula is C11H18N8O. The summed E-state index contributed by atoms with van der Waals surface area (Å²) in [5.41, 5.74) is 2.38. The number of nitrogens with one attached hydrogen (secondary N) is 2. The van der Waals surface area contributed by atoms with Crippen molar-refractivity contribution in [3.63, 3.8) is 0 Å². The molecular weight excluding hydrogens is 260 g/mol. The zero-order valence-corrected chi connectivity index (χ0v) is 11.2. The molecule has 5 N–H and O–H groups in total. The minimum Gasteiger partial charge on any atom is -0.391 e. The van der Waals surface area contributed by atoms with Crippen LogP contribution >= 0.6 is 0 Å². The Morgan fingerprint density at radius 2 is 2.15 bits per heavy atom. The van der Waals surface area contributed by atoms with E-state index in [-0.39, 0.29) is 5.95 Å². The molecule has 2 aromatic rings. The number of imidazole rings is 1. The van der Waals surface area contributed by atoms with Crippen molar-refractivity contribution in [3.05, 3.63) is 18.7 Å². The average Bonchev–Trinajstić information content (AvgIpc) is 2.99. The van der Waals surface area contributed by atoms with Crippen molar-refractivity contribution in [1.29, 1.82) is 0 Å². The van der Waals surface area contributed by atoms with Crippen LogP contribution in [0, 0.1) is 0 Å². The Kier molecular flexibility index (Phi) is 4.80. The summed E-state index contributed by atoms with van der Waals surface area (Å²) >= 11 is 0. The van der Waals surface area contributed by atoms with E-state index < -0.39 is 6.10 Å². The predicted molar refractivity (Wildman–Crippen MR) is 74.2 cm³/mol. The van der Waals surface area contributed by atoms with E-state index in [0.29, 0.717) is 24.9 Å². The molecule has 0 fully saturated rings. The summed E-state index contributed by atoms with van der Waals surface area (Å²) in [5.74, 6) is 6.30. The third kappa shape index (κ3) is 3.62. The maximum Gasteiger partial charge on any atom is 0.243 e. The Morgan fingerprint density at radius 3 is 2.80 bits per heavy atom. The Bertz CT molecular complexity index is 529. The van der Waals surface area contributed by atoms with Crippen molar-refractivity contribution in [1.82, 2.24) is 24.5 Å². The average molecular weight is 278 g/mol. The van der Waals surface area contributed by atoms with Crippen molar-refractivity contribution < 1.29 is 5.11 Å². The van der Waals surface area contributed by atoms with Gasteiger partial charge in [-0.25, -0.2) is 10.8 Å². The van der Waals surface area contributed by atoms with Gasteiger partial charge in [-0.05, 0) is 6.42 Å². The predicted octanol–water partition coefficient (Wildman–Crippen LogP) is -0.0842. The van der Waals surface area contributed by atoms with Crippen LogP contribution in [0.2, 0.25) is 0 Å². The molecule has 1 atom stereocenters. The molecule has 1 unspecified atom stereocenters. The molecule has 0 aliphatic carbocycles.